The third-order valence-electron chi connectivity index (χ3n) is 9.45. The first kappa shape index (κ1) is 33.2. The van der Waals surface area contributed by atoms with Crippen LogP contribution in [0.2, 0.25) is 0 Å². The Morgan fingerprint density at radius 2 is 1.67 bits per heavy atom. The Labute approximate surface area is 274 Å². The summed E-state index contributed by atoms with van der Waals surface area (Å²) in [6.07, 6.45) is 5.24. The van der Waals surface area contributed by atoms with E-state index in [-0.39, 0.29) is 36.3 Å². The Bertz CT molecular complexity index is 1720. The van der Waals surface area contributed by atoms with Crippen molar-refractivity contribution in [1.29, 1.82) is 0 Å². The maximum Gasteiger partial charge on any atom is 0.323 e. The van der Waals surface area contributed by atoms with Crippen molar-refractivity contribution < 1.29 is 9.59 Å². The molecular formula is C34H43ClN8O3. The molecule has 2 fully saturated rings. The molecule has 46 heavy (non-hydrogen) atoms. The van der Waals surface area contributed by atoms with Gasteiger partial charge >= 0.3 is 5.69 Å². The van der Waals surface area contributed by atoms with Crippen molar-refractivity contribution in [2.75, 3.05) is 49.6 Å². The van der Waals surface area contributed by atoms with Crippen molar-refractivity contribution >= 4 is 46.8 Å². The van der Waals surface area contributed by atoms with Crippen LogP contribution < -0.4 is 27.0 Å². The predicted octanol–water partition coefficient (Wildman–Crippen LogP) is 3.29. The number of imidazole rings is 1. The third kappa shape index (κ3) is 7.27. The molecule has 2 amide bonds. The van der Waals surface area contributed by atoms with Crippen molar-refractivity contribution in [3.05, 3.63) is 76.8 Å². The Morgan fingerprint density at radius 1 is 0.957 bits per heavy atom. The molecule has 0 unspecified atom stereocenters. The molecular weight excluding hydrogens is 604 g/mol. The summed E-state index contributed by atoms with van der Waals surface area (Å²) in [6, 6.07) is 16.4. The fourth-order valence-corrected chi connectivity index (χ4v) is 6.70. The minimum atomic E-state index is -0.929. The normalized spacial score (nSPS) is 19.4. The number of carbonyl (C=O) groups excluding carboxylic acids is 2. The molecule has 3 heterocycles. The van der Waals surface area contributed by atoms with E-state index >= 15 is 0 Å². The number of hydrogen-bond donors (Lipinski definition) is 4. The van der Waals surface area contributed by atoms with Crippen LogP contribution in [0, 0.1) is 11.8 Å². The summed E-state index contributed by atoms with van der Waals surface area (Å²) in [5.74, 6) is 0.387. The van der Waals surface area contributed by atoms with Gasteiger partial charge in [-0.15, -0.1) is 12.4 Å². The first-order valence-corrected chi connectivity index (χ1v) is 15.8. The zero-order valence-electron chi connectivity index (χ0n) is 26.2. The van der Waals surface area contributed by atoms with Crippen LogP contribution in [0.5, 0.6) is 0 Å². The molecule has 2 aromatic carbocycles. The third-order valence-corrected chi connectivity index (χ3v) is 9.45. The van der Waals surface area contributed by atoms with Gasteiger partial charge in [-0.3, -0.25) is 14.5 Å². The minimum absolute atomic E-state index is 0. The number of aromatic nitrogens is 3. The number of piperazine rings is 1. The number of aromatic amines is 2. The number of hydrogen-bond acceptors (Lipinski definition) is 7. The van der Waals surface area contributed by atoms with E-state index in [2.05, 4.69) is 43.9 Å². The molecule has 12 heteroatoms. The number of primary amides is 1. The molecule has 2 aliphatic rings. The van der Waals surface area contributed by atoms with Crippen LogP contribution in [0.3, 0.4) is 0 Å². The number of carbonyl (C=O) groups is 2. The lowest BCUT2D eigenvalue weighted by atomic mass is 9.81. The lowest BCUT2D eigenvalue weighted by Crippen LogP contribution is -2.52. The van der Waals surface area contributed by atoms with Crippen molar-refractivity contribution in [2.45, 2.75) is 38.1 Å². The summed E-state index contributed by atoms with van der Waals surface area (Å²) < 4.78 is 0. The molecule has 6 N–H and O–H groups in total. The molecule has 0 bridgehead atoms. The highest BCUT2D eigenvalue weighted by molar-refractivity contribution is 6.02. The van der Waals surface area contributed by atoms with Gasteiger partial charge in [0, 0.05) is 50.4 Å². The number of amides is 2. The number of nitrogens with two attached hydrogens (primary N) is 2. The number of halogens is 1. The Balaban J connectivity index is 0.00000417. The van der Waals surface area contributed by atoms with Crippen LogP contribution in [-0.2, 0) is 16.0 Å². The Hall–Kier alpha value is -4.19. The zero-order chi connectivity index (χ0) is 31.5. The SMILES string of the molecule is CN1CCN(c2cc(-c3cccc(C[C@@H](C(N)=O)N(C(=O)C4CCC(CN)CC4)c4ccc5[nH]c(=O)[nH]c5c4)c3)ccn2)CC1.Cl. The monoisotopic (exact) mass is 646 g/mol. The summed E-state index contributed by atoms with van der Waals surface area (Å²) in [4.78, 5) is 55.8. The van der Waals surface area contributed by atoms with Crippen LogP contribution in [0.1, 0.15) is 31.2 Å². The number of rotatable bonds is 9. The maximum atomic E-state index is 14.3. The lowest BCUT2D eigenvalue weighted by Gasteiger charge is -2.35. The highest BCUT2D eigenvalue weighted by Crippen LogP contribution is 2.33. The second kappa shape index (κ2) is 14.5. The largest absolute Gasteiger partial charge is 0.368 e. The van der Waals surface area contributed by atoms with Crippen molar-refractivity contribution in [3.8, 4) is 11.1 Å². The standard InChI is InChI=1S/C34H42N8O3.ClH/c1-40-13-15-41(16-14-40)31-19-26(11-12-37-31)25-4-2-3-23(17-25)18-30(32(36)43)42(33(44)24-7-5-22(21-35)6-8-24)27-9-10-28-29(20-27)39-34(45)38-28;/h2-4,9-12,17,19-20,22,24,30H,5-8,13-16,18,21,35H2,1H3,(H2,36,43)(H2,38,39,45);1H/t22?,24?,30-;/m0./s1. The van der Waals surface area contributed by atoms with Gasteiger partial charge in [-0.25, -0.2) is 9.78 Å². The van der Waals surface area contributed by atoms with Gasteiger partial charge in [0.05, 0.1) is 11.0 Å². The van der Waals surface area contributed by atoms with Gasteiger partial charge in [-0.1, -0.05) is 24.3 Å². The summed E-state index contributed by atoms with van der Waals surface area (Å²) in [5, 5.41) is 0. The first-order valence-electron chi connectivity index (χ1n) is 15.8. The first-order chi connectivity index (χ1) is 21.8. The quantitative estimate of drug-likeness (QED) is 0.217. The molecule has 1 aliphatic heterocycles. The van der Waals surface area contributed by atoms with Gasteiger partial charge in [0.25, 0.3) is 0 Å². The summed E-state index contributed by atoms with van der Waals surface area (Å²) in [5.41, 5.74) is 16.3. The number of likely N-dealkylation sites (N-methyl/N-ethyl adjacent to an activating group) is 1. The number of fused-ring (bicyclic) bond motifs is 1. The van der Waals surface area contributed by atoms with E-state index in [1.165, 1.54) is 0 Å². The molecule has 4 aromatic rings. The van der Waals surface area contributed by atoms with E-state index in [1.54, 1.807) is 23.1 Å². The van der Waals surface area contributed by atoms with E-state index in [0.717, 1.165) is 61.5 Å². The van der Waals surface area contributed by atoms with Gasteiger partial charge in [0.1, 0.15) is 11.9 Å². The van der Waals surface area contributed by atoms with E-state index in [4.69, 9.17) is 11.5 Å². The summed E-state index contributed by atoms with van der Waals surface area (Å²) >= 11 is 0. The molecule has 6 rings (SSSR count). The second-order valence-corrected chi connectivity index (χ2v) is 12.5. The minimum Gasteiger partial charge on any atom is -0.368 e. The van der Waals surface area contributed by atoms with Crippen molar-refractivity contribution in [3.63, 3.8) is 0 Å². The van der Waals surface area contributed by atoms with E-state index in [9.17, 15) is 14.4 Å². The summed E-state index contributed by atoms with van der Waals surface area (Å²) in [6.45, 7) is 4.44. The van der Waals surface area contributed by atoms with Crippen LogP contribution in [0.4, 0.5) is 11.5 Å². The van der Waals surface area contributed by atoms with Crippen LogP contribution in [-0.4, -0.2) is 77.5 Å². The number of benzene rings is 2. The lowest BCUT2D eigenvalue weighted by molar-refractivity contribution is -0.127. The molecule has 1 atom stereocenters. The molecule has 244 valence electrons. The van der Waals surface area contributed by atoms with E-state index < -0.39 is 11.9 Å². The number of anilines is 2. The molecule has 2 aromatic heterocycles. The van der Waals surface area contributed by atoms with E-state index in [1.807, 2.05) is 30.5 Å². The molecule has 0 radical (unpaired) electrons. The molecule has 1 saturated carbocycles. The van der Waals surface area contributed by atoms with E-state index in [0.29, 0.717) is 42.0 Å². The van der Waals surface area contributed by atoms with Gasteiger partial charge in [-0.2, -0.15) is 0 Å². The fourth-order valence-electron chi connectivity index (χ4n) is 6.70. The predicted molar refractivity (Wildman–Crippen MR) is 184 cm³/mol. The molecule has 11 nitrogen and oxygen atoms in total. The fraction of sp³-hybridized carbons (Fsp3) is 0.412. The van der Waals surface area contributed by atoms with Gasteiger partial charge in [0.15, 0.2) is 0 Å². The average molecular weight is 647 g/mol. The molecule has 1 saturated heterocycles. The molecule has 0 spiro atoms. The van der Waals surface area contributed by atoms with Gasteiger partial charge in [-0.05, 0) is 92.2 Å². The number of nitrogens with one attached hydrogen (secondary N) is 2. The summed E-state index contributed by atoms with van der Waals surface area (Å²) in [7, 11) is 2.13. The highest BCUT2D eigenvalue weighted by atomic mass is 35.5. The Kier molecular flexibility index (Phi) is 10.5. The van der Waals surface area contributed by atoms with Crippen molar-refractivity contribution in [1.82, 2.24) is 19.9 Å². The average Bonchev–Trinajstić information content (AvgIpc) is 3.44. The smallest absolute Gasteiger partial charge is 0.323 e. The van der Waals surface area contributed by atoms with Crippen LogP contribution >= 0.6 is 12.4 Å². The van der Waals surface area contributed by atoms with Gasteiger partial charge < -0.3 is 31.2 Å². The van der Waals surface area contributed by atoms with Crippen molar-refractivity contribution in [2.24, 2.45) is 23.3 Å². The topological polar surface area (TPSA) is 157 Å². The number of pyridine rings is 1. The Morgan fingerprint density at radius 3 is 2.39 bits per heavy atom. The zero-order valence-corrected chi connectivity index (χ0v) is 27.0. The molecule has 1 aliphatic carbocycles. The van der Waals surface area contributed by atoms with Gasteiger partial charge in [0.2, 0.25) is 11.8 Å². The van der Waals surface area contributed by atoms with Crippen LogP contribution in [0.15, 0.2) is 65.6 Å². The van der Waals surface area contributed by atoms with Crippen LogP contribution in [0.25, 0.3) is 22.2 Å². The number of nitrogens with zero attached hydrogens (tertiary/aromatic N) is 4. The number of H-pyrrole nitrogens is 2. The maximum absolute atomic E-state index is 14.3. The highest BCUT2D eigenvalue weighted by Gasteiger charge is 2.36. The second-order valence-electron chi connectivity index (χ2n) is 12.5.